The van der Waals surface area contributed by atoms with Crippen molar-refractivity contribution in [2.45, 2.75) is 0 Å². The Kier molecular flexibility index (Phi) is 5.43. The largest absolute Gasteiger partial charge is 0.383 e. The molecule has 1 saturated heterocycles. The summed E-state index contributed by atoms with van der Waals surface area (Å²) in [6.45, 7) is 2.55. The van der Waals surface area contributed by atoms with Gasteiger partial charge < -0.3 is 16.0 Å². The summed E-state index contributed by atoms with van der Waals surface area (Å²) in [4.78, 5) is 28.5. The minimum absolute atomic E-state index is 0.129. The number of amides is 2. The van der Waals surface area contributed by atoms with E-state index in [9.17, 15) is 9.59 Å². The van der Waals surface area contributed by atoms with Gasteiger partial charge >= 0.3 is 0 Å². The topological polar surface area (TPSA) is 96.5 Å². The molecule has 0 bridgehead atoms. The number of nitrogen functional groups attached to an aromatic ring is 1. The molecule has 26 heavy (non-hydrogen) atoms. The molecule has 1 aliphatic rings. The van der Waals surface area contributed by atoms with Crippen molar-refractivity contribution < 1.29 is 9.59 Å². The average Bonchev–Trinajstić information content (AvgIpc) is 2.96. The van der Waals surface area contributed by atoms with E-state index in [1.165, 1.54) is 10.9 Å². The van der Waals surface area contributed by atoms with Crippen molar-refractivity contribution in [2.75, 3.05) is 43.8 Å². The van der Waals surface area contributed by atoms with Gasteiger partial charge in [0.15, 0.2) is 0 Å². The first kappa shape index (κ1) is 18.2. The number of nitrogens with zero attached hydrogens (tertiary/aromatic N) is 4. The lowest BCUT2D eigenvalue weighted by molar-refractivity contribution is -0.117. The van der Waals surface area contributed by atoms with E-state index in [0.29, 0.717) is 48.3 Å². The molecule has 1 aliphatic heterocycles. The van der Waals surface area contributed by atoms with Gasteiger partial charge in [-0.25, -0.2) is 0 Å². The molecule has 0 spiro atoms. The molecule has 9 heteroatoms. The quantitative estimate of drug-likeness (QED) is 0.831. The van der Waals surface area contributed by atoms with Gasteiger partial charge in [-0.3, -0.25) is 19.2 Å². The van der Waals surface area contributed by atoms with Gasteiger partial charge in [0, 0.05) is 33.2 Å². The van der Waals surface area contributed by atoms with Gasteiger partial charge in [0.1, 0.15) is 11.4 Å². The highest BCUT2D eigenvalue weighted by atomic mass is 35.5. The van der Waals surface area contributed by atoms with Crippen molar-refractivity contribution in [1.82, 2.24) is 19.6 Å². The summed E-state index contributed by atoms with van der Waals surface area (Å²) < 4.78 is 1.47. The molecule has 0 radical (unpaired) electrons. The highest BCUT2D eigenvalue weighted by Crippen LogP contribution is 2.20. The first-order chi connectivity index (χ1) is 12.5. The van der Waals surface area contributed by atoms with Gasteiger partial charge in [-0.15, -0.1) is 0 Å². The fraction of sp³-hybridized carbons (Fsp3) is 0.353. The van der Waals surface area contributed by atoms with Gasteiger partial charge in [0.2, 0.25) is 5.91 Å². The van der Waals surface area contributed by atoms with Crippen LogP contribution >= 0.6 is 11.6 Å². The average molecular weight is 377 g/mol. The molecule has 0 saturated carbocycles. The standard InChI is InChI=1S/C17H21ClN6O2/c1-22-16(19)12(10-20-22)17(26)24-8-6-23(7-9-24)11-15(25)21-14-5-3-2-4-13(14)18/h2-5,10H,6-9,11,19H2,1H3,(H,21,25). The number of rotatable bonds is 4. The number of para-hydroxylation sites is 1. The van der Waals surface area contributed by atoms with Crippen LogP contribution < -0.4 is 11.1 Å². The number of carbonyl (C=O) groups excluding carboxylic acids is 2. The lowest BCUT2D eigenvalue weighted by Gasteiger charge is -2.34. The third-order valence-electron chi connectivity index (χ3n) is 4.39. The van der Waals surface area contributed by atoms with E-state index in [0.717, 1.165) is 0 Å². The first-order valence-electron chi connectivity index (χ1n) is 8.29. The molecule has 8 nitrogen and oxygen atoms in total. The Bertz CT molecular complexity index is 813. The number of carbonyl (C=O) groups is 2. The number of halogens is 1. The molecule has 1 fully saturated rings. The maximum Gasteiger partial charge on any atom is 0.259 e. The Morgan fingerprint density at radius 2 is 1.92 bits per heavy atom. The van der Waals surface area contributed by atoms with Gasteiger partial charge in [-0.1, -0.05) is 23.7 Å². The minimum Gasteiger partial charge on any atom is -0.383 e. The number of nitrogens with one attached hydrogen (secondary N) is 1. The molecule has 3 rings (SSSR count). The maximum absolute atomic E-state index is 12.5. The summed E-state index contributed by atoms with van der Waals surface area (Å²) >= 11 is 6.05. The van der Waals surface area contributed by atoms with Crippen LogP contribution in [0.1, 0.15) is 10.4 Å². The summed E-state index contributed by atoms with van der Waals surface area (Å²) in [5.74, 6) is 0.0988. The Morgan fingerprint density at radius 1 is 1.23 bits per heavy atom. The van der Waals surface area contributed by atoms with Crippen LogP contribution in [0.15, 0.2) is 30.5 Å². The number of anilines is 2. The SMILES string of the molecule is Cn1ncc(C(=O)N2CCN(CC(=O)Nc3ccccc3Cl)CC2)c1N. The zero-order valence-electron chi connectivity index (χ0n) is 14.5. The van der Waals surface area contributed by atoms with Gasteiger partial charge in [-0.05, 0) is 12.1 Å². The highest BCUT2D eigenvalue weighted by Gasteiger charge is 2.25. The van der Waals surface area contributed by atoms with E-state index in [1.807, 2.05) is 17.0 Å². The molecule has 2 aromatic rings. The third kappa shape index (κ3) is 3.97. The zero-order valence-corrected chi connectivity index (χ0v) is 15.2. The molecule has 1 aromatic carbocycles. The van der Waals surface area contributed by atoms with Crippen molar-refractivity contribution in [2.24, 2.45) is 7.05 Å². The highest BCUT2D eigenvalue weighted by molar-refractivity contribution is 6.33. The zero-order chi connectivity index (χ0) is 18.7. The monoisotopic (exact) mass is 376 g/mol. The second-order valence-corrected chi connectivity index (χ2v) is 6.57. The number of benzene rings is 1. The summed E-state index contributed by atoms with van der Waals surface area (Å²) in [6.07, 6.45) is 1.49. The molecule has 2 heterocycles. The molecule has 138 valence electrons. The van der Waals surface area contributed by atoms with Crippen LogP contribution in [-0.4, -0.2) is 64.1 Å². The molecule has 0 unspecified atom stereocenters. The van der Waals surface area contributed by atoms with Crippen molar-refractivity contribution in [3.05, 3.63) is 41.0 Å². The minimum atomic E-state index is -0.130. The number of nitrogens with two attached hydrogens (primary N) is 1. The molecular weight excluding hydrogens is 356 g/mol. The number of hydrogen-bond acceptors (Lipinski definition) is 5. The van der Waals surface area contributed by atoms with E-state index in [1.54, 1.807) is 24.1 Å². The summed E-state index contributed by atoms with van der Waals surface area (Å²) in [7, 11) is 1.70. The number of hydrogen-bond donors (Lipinski definition) is 2. The molecular formula is C17H21ClN6O2. The number of piperazine rings is 1. The van der Waals surface area contributed by atoms with Crippen LogP contribution in [-0.2, 0) is 11.8 Å². The normalized spacial score (nSPS) is 15.1. The number of aryl methyl sites for hydroxylation is 1. The Balaban J connectivity index is 1.51. The second kappa shape index (κ2) is 7.76. The summed E-state index contributed by atoms with van der Waals surface area (Å²) in [5, 5.41) is 7.32. The van der Waals surface area contributed by atoms with E-state index in [2.05, 4.69) is 10.4 Å². The Morgan fingerprint density at radius 3 is 2.54 bits per heavy atom. The second-order valence-electron chi connectivity index (χ2n) is 6.16. The fourth-order valence-electron chi connectivity index (χ4n) is 2.85. The van der Waals surface area contributed by atoms with E-state index in [4.69, 9.17) is 17.3 Å². The fourth-order valence-corrected chi connectivity index (χ4v) is 3.03. The van der Waals surface area contributed by atoms with Gasteiger partial charge in [0.05, 0.1) is 23.5 Å². The molecule has 0 aliphatic carbocycles. The van der Waals surface area contributed by atoms with Crippen LogP contribution in [0, 0.1) is 0 Å². The first-order valence-corrected chi connectivity index (χ1v) is 8.67. The summed E-state index contributed by atoms with van der Waals surface area (Å²) in [6, 6.07) is 7.11. The lowest BCUT2D eigenvalue weighted by atomic mass is 10.2. The van der Waals surface area contributed by atoms with Crippen LogP contribution in [0.3, 0.4) is 0 Å². The van der Waals surface area contributed by atoms with Crippen molar-refractivity contribution in [3.8, 4) is 0 Å². The predicted molar refractivity (Wildman–Crippen MR) is 100 cm³/mol. The number of aromatic nitrogens is 2. The van der Waals surface area contributed by atoms with Crippen molar-refractivity contribution >= 4 is 34.9 Å². The van der Waals surface area contributed by atoms with Crippen molar-refractivity contribution in [1.29, 1.82) is 0 Å². The third-order valence-corrected chi connectivity index (χ3v) is 4.72. The molecule has 0 atom stereocenters. The van der Waals surface area contributed by atoms with E-state index in [-0.39, 0.29) is 18.4 Å². The van der Waals surface area contributed by atoms with Crippen LogP contribution in [0.2, 0.25) is 5.02 Å². The van der Waals surface area contributed by atoms with Gasteiger partial charge in [-0.2, -0.15) is 5.10 Å². The van der Waals surface area contributed by atoms with Gasteiger partial charge in [0.25, 0.3) is 5.91 Å². The lowest BCUT2D eigenvalue weighted by Crippen LogP contribution is -2.50. The van der Waals surface area contributed by atoms with Crippen LogP contribution in [0.4, 0.5) is 11.5 Å². The van der Waals surface area contributed by atoms with Crippen molar-refractivity contribution in [3.63, 3.8) is 0 Å². The predicted octanol–water partition coefficient (Wildman–Crippen LogP) is 1.05. The molecule has 3 N–H and O–H groups in total. The molecule has 1 aromatic heterocycles. The van der Waals surface area contributed by atoms with Crippen LogP contribution in [0.5, 0.6) is 0 Å². The Labute approximate surface area is 156 Å². The Hall–Kier alpha value is -2.58. The van der Waals surface area contributed by atoms with E-state index >= 15 is 0 Å². The summed E-state index contributed by atoms with van der Waals surface area (Å²) in [5.41, 5.74) is 6.88. The maximum atomic E-state index is 12.5. The smallest absolute Gasteiger partial charge is 0.259 e. The molecule has 2 amide bonds. The van der Waals surface area contributed by atoms with E-state index < -0.39 is 0 Å². The van der Waals surface area contributed by atoms with Crippen LogP contribution in [0.25, 0.3) is 0 Å².